The first-order chi connectivity index (χ1) is 20.8. The molecule has 0 radical (unpaired) electrons. The van der Waals surface area contributed by atoms with Gasteiger partial charge in [-0.15, -0.1) is 0 Å². The topological polar surface area (TPSA) is 106 Å². The number of carbonyl (C=O) groups is 1. The fourth-order valence-electron chi connectivity index (χ4n) is 8.09. The van der Waals surface area contributed by atoms with Crippen molar-refractivity contribution in [3.05, 3.63) is 30.9 Å². The number of fused-ring (bicyclic) bond motifs is 2. The van der Waals surface area contributed by atoms with Gasteiger partial charge in [-0.2, -0.15) is 5.26 Å². The summed E-state index contributed by atoms with van der Waals surface area (Å²) >= 11 is 0. The number of piperazine rings is 1. The maximum absolute atomic E-state index is 12.6. The number of likely N-dealkylation sites (N-methyl/N-ethyl adjacent to an activating group) is 2. The Morgan fingerprint density at radius 3 is 2.84 bits per heavy atom. The normalized spacial score (nSPS) is 34.7. The van der Waals surface area contributed by atoms with Crippen LogP contribution in [0.1, 0.15) is 38.5 Å². The number of rotatable bonds is 7. The number of methoxy groups -OCH3 is 1. The van der Waals surface area contributed by atoms with Crippen molar-refractivity contribution in [2.75, 3.05) is 65.4 Å². The third-order valence-electron chi connectivity index (χ3n) is 10.4. The highest BCUT2D eigenvalue weighted by Crippen LogP contribution is 2.46. The molecule has 4 heterocycles. The molecule has 5 aliphatic rings. The zero-order valence-electron chi connectivity index (χ0n) is 25.8. The molecule has 1 aromatic rings. The lowest BCUT2D eigenvalue weighted by atomic mass is 9.72. The summed E-state index contributed by atoms with van der Waals surface area (Å²) in [6.45, 7) is 8.24. The fraction of sp³-hybridized carbons (Fsp3) is 0.688. The minimum Gasteiger partial charge on any atom is -0.497 e. The zero-order valence-corrected chi connectivity index (χ0v) is 25.8. The summed E-state index contributed by atoms with van der Waals surface area (Å²) in [6, 6.07) is 8.80. The predicted octanol–water partition coefficient (Wildman–Crippen LogP) is 1.96. The van der Waals surface area contributed by atoms with Crippen molar-refractivity contribution in [3.63, 3.8) is 0 Å². The summed E-state index contributed by atoms with van der Waals surface area (Å²) in [7, 11) is 6.01. The highest BCUT2D eigenvalue weighted by Gasteiger charge is 2.52. The van der Waals surface area contributed by atoms with E-state index in [9.17, 15) is 10.1 Å². The van der Waals surface area contributed by atoms with E-state index in [1.54, 1.807) is 7.11 Å². The summed E-state index contributed by atoms with van der Waals surface area (Å²) in [5.41, 5.74) is 0.765. The van der Waals surface area contributed by atoms with Crippen molar-refractivity contribution in [2.24, 2.45) is 5.92 Å². The van der Waals surface area contributed by atoms with Gasteiger partial charge in [0.2, 0.25) is 5.91 Å². The minimum atomic E-state index is -0.321. The van der Waals surface area contributed by atoms with Crippen molar-refractivity contribution in [1.82, 2.24) is 25.3 Å². The SMILES string of the molecule is C=CC(=O)N1CCN(C2NC(OCC3CCCN3C)NC3C[C@]4(CCC32)CN(C)c2ccc(OC)cc2O4)CC1CC#N. The van der Waals surface area contributed by atoms with Gasteiger partial charge in [-0.25, -0.2) is 0 Å². The Morgan fingerprint density at radius 1 is 1.23 bits per heavy atom. The molecule has 234 valence electrons. The molecule has 1 spiro atoms. The van der Waals surface area contributed by atoms with E-state index in [4.69, 9.17) is 14.2 Å². The summed E-state index contributed by atoms with van der Waals surface area (Å²) in [5.74, 6) is 1.89. The van der Waals surface area contributed by atoms with Gasteiger partial charge < -0.3 is 28.9 Å². The molecule has 11 heteroatoms. The molecule has 4 aliphatic heterocycles. The molecule has 11 nitrogen and oxygen atoms in total. The van der Waals surface area contributed by atoms with E-state index in [0.29, 0.717) is 38.1 Å². The number of nitrogens with zero attached hydrogens (tertiary/aromatic N) is 5. The molecule has 1 aromatic carbocycles. The number of likely N-dealkylation sites (tertiary alicyclic amines) is 1. The molecule has 6 unspecified atom stereocenters. The third-order valence-corrected chi connectivity index (χ3v) is 10.4. The largest absolute Gasteiger partial charge is 0.497 e. The number of hydrogen-bond acceptors (Lipinski definition) is 10. The van der Waals surface area contributed by atoms with E-state index >= 15 is 0 Å². The minimum absolute atomic E-state index is 0.0609. The maximum Gasteiger partial charge on any atom is 0.246 e. The molecule has 7 atom stereocenters. The molecular weight excluding hydrogens is 546 g/mol. The number of carbonyl (C=O) groups excluding carboxylic acids is 1. The number of anilines is 1. The Bertz CT molecular complexity index is 1220. The first kappa shape index (κ1) is 30.2. The second kappa shape index (κ2) is 12.6. The van der Waals surface area contributed by atoms with E-state index in [2.05, 4.69) is 58.1 Å². The van der Waals surface area contributed by atoms with E-state index in [-0.39, 0.29) is 36.1 Å². The average Bonchev–Trinajstić information content (AvgIpc) is 3.43. The van der Waals surface area contributed by atoms with Crippen LogP contribution in [0.5, 0.6) is 11.5 Å². The lowest BCUT2D eigenvalue weighted by Gasteiger charge is -2.56. The smallest absolute Gasteiger partial charge is 0.246 e. The predicted molar refractivity (Wildman–Crippen MR) is 164 cm³/mol. The van der Waals surface area contributed by atoms with Crippen molar-refractivity contribution in [2.45, 2.75) is 74.8 Å². The third kappa shape index (κ3) is 6.08. The van der Waals surface area contributed by atoms with Crippen LogP contribution < -0.4 is 25.0 Å². The molecular formula is C32H47N7O4. The van der Waals surface area contributed by atoms with Crippen LogP contribution in [0.15, 0.2) is 30.9 Å². The van der Waals surface area contributed by atoms with Crippen LogP contribution in [0.25, 0.3) is 0 Å². The molecule has 0 aromatic heterocycles. The van der Waals surface area contributed by atoms with Crippen LogP contribution in [0.3, 0.4) is 0 Å². The van der Waals surface area contributed by atoms with Gasteiger partial charge in [0.1, 0.15) is 17.1 Å². The Balaban J connectivity index is 1.22. The van der Waals surface area contributed by atoms with E-state index in [1.165, 1.54) is 12.5 Å². The summed E-state index contributed by atoms with van der Waals surface area (Å²) in [6.07, 6.45) is 6.55. The van der Waals surface area contributed by atoms with Crippen LogP contribution in [0.4, 0.5) is 5.69 Å². The van der Waals surface area contributed by atoms with Gasteiger partial charge >= 0.3 is 0 Å². The van der Waals surface area contributed by atoms with Crippen LogP contribution in [0.2, 0.25) is 0 Å². The monoisotopic (exact) mass is 593 g/mol. The van der Waals surface area contributed by atoms with Crippen LogP contribution in [0, 0.1) is 17.2 Å². The Kier molecular flexibility index (Phi) is 8.85. The molecule has 43 heavy (non-hydrogen) atoms. The molecule has 1 saturated carbocycles. The Hall–Kier alpha value is -2.88. The average molecular weight is 594 g/mol. The highest BCUT2D eigenvalue weighted by atomic mass is 16.5. The maximum atomic E-state index is 12.6. The van der Waals surface area contributed by atoms with Gasteiger partial charge in [0, 0.05) is 57.2 Å². The Morgan fingerprint density at radius 2 is 2.09 bits per heavy atom. The number of nitrogens with one attached hydrogen (secondary N) is 2. The standard InChI is InChI=1S/C32H47N7O4/c1-5-29(40)39-16-15-38(19-22(39)11-13-33)30-25-10-12-32(21-37(3)27-9-8-24(41-4)17-28(27)43-32)18-26(25)34-31(35-30)42-20-23-7-6-14-36(23)2/h5,8-9,17,22-23,25-26,30-31,34-35H,1,6-7,10-12,14-16,18-21H2,2-4H3/t22?,23?,25?,26?,30?,31?,32-/m1/s1. The van der Waals surface area contributed by atoms with Crippen molar-refractivity contribution in [3.8, 4) is 17.6 Å². The van der Waals surface area contributed by atoms with Crippen LogP contribution in [-0.2, 0) is 9.53 Å². The number of benzene rings is 1. The quantitative estimate of drug-likeness (QED) is 0.456. The van der Waals surface area contributed by atoms with Crippen LogP contribution >= 0.6 is 0 Å². The van der Waals surface area contributed by atoms with Gasteiger partial charge in [0.25, 0.3) is 0 Å². The first-order valence-electron chi connectivity index (χ1n) is 15.8. The fourth-order valence-corrected chi connectivity index (χ4v) is 8.09. The summed E-state index contributed by atoms with van der Waals surface area (Å²) < 4.78 is 18.9. The molecule has 1 amide bonds. The number of ether oxygens (including phenoxy) is 3. The van der Waals surface area contributed by atoms with Crippen molar-refractivity contribution < 1.29 is 19.0 Å². The van der Waals surface area contributed by atoms with Crippen LogP contribution in [-0.4, -0.2) is 117 Å². The summed E-state index contributed by atoms with van der Waals surface area (Å²) in [4.78, 5) is 21.5. The molecule has 1 aliphatic carbocycles. The number of hydrogen-bond donors (Lipinski definition) is 2. The number of nitriles is 1. The molecule has 6 rings (SSSR count). The van der Waals surface area contributed by atoms with Gasteiger partial charge in [-0.3, -0.25) is 20.3 Å². The molecule has 3 saturated heterocycles. The van der Waals surface area contributed by atoms with E-state index in [1.807, 2.05) is 17.0 Å². The first-order valence-corrected chi connectivity index (χ1v) is 15.8. The molecule has 4 fully saturated rings. The van der Waals surface area contributed by atoms with Gasteiger partial charge in [-0.1, -0.05) is 6.58 Å². The lowest BCUT2D eigenvalue weighted by Crippen LogP contribution is -2.73. The van der Waals surface area contributed by atoms with Gasteiger partial charge in [0.15, 0.2) is 6.35 Å². The van der Waals surface area contributed by atoms with Crippen molar-refractivity contribution >= 4 is 11.6 Å². The van der Waals surface area contributed by atoms with E-state index in [0.717, 1.165) is 62.5 Å². The highest BCUT2D eigenvalue weighted by molar-refractivity contribution is 5.87. The molecule has 0 bridgehead atoms. The molecule has 2 N–H and O–H groups in total. The lowest BCUT2D eigenvalue weighted by molar-refractivity contribution is -0.139. The second-order valence-corrected chi connectivity index (χ2v) is 13.0. The Labute approximate surface area is 255 Å². The van der Waals surface area contributed by atoms with E-state index < -0.39 is 0 Å². The van der Waals surface area contributed by atoms with Crippen molar-refractivity contribution in [1.29, 1.82) is 5.26 Å². The summed E-state index contributed by atoms with van der Waals surface area (Å²) in [5, 5.41) is 17.2. The van der Waals surface area contributed by atoms with Gasteiger partial charge in [-0.05, 0) is 57.5 Å². The number of amides is 1. The van der Waals surface area contributed by atoms with Gasteiger partial charge in [0.05, 0.1) is 50.6 Å². The second-order valence-electron chi connectivity index (χ2n) is 13.0. The zero-order chi connectivity index (χ0) is 30.1.